The minimum atomic E-state index is -3.80. The van der Waals surface area contributed by atoms with Crippen LogP contribution < -0.4 is 14.8 Å². The molecule has 32 heavy (non-hydrogen) atoms. The molecule has 0 radical (unpaired) electrons. The largest absolute Gasteiger partial charge is 0.496 e. The predicted molar refractivity (Wildman–Crippen MR) is 127 cm³/mol. The Morgan fingerprint density at radius 3 is 2.19 bits per heavy atom. The van der Waals surface area contributed by atoms with Crippen LogP contribution in [0.4, 0.5) is 11.4 Å². The highest BCUT2D eigenvalue weighted by Crippen LogP contribution is 2.27. The first-order valence-electron chi connectivity index (χ1n) is 9.62. The fraction of sp³-hybridized carbons (Fsp3) is 0.0417. The number of benzene rings is 4. The van der Waals surface area contributed by atoms with E-state index in [1.807, 2.05) is 24.3 Å². The highest BCUT2D eigenvalue weighted by atomic mass is 35.5. The van der Waals surface area contributed by atoms with Crippen molar-refractivity contribution in [2.24, 2.45) is 0 Å². The first-order chi connectivity index (χ1) is 15.4. The molecule has 0 aliphatic rings. The molecule has 8 heteroatoms. The third-order valence-corrected chi connectivity index (χ3v) is 6.44. The molecule has 2 N–H and O–H groups in total. The minimum absolute atomic E-state index is 0.0544. The van der Waals surface area contributed by atoms with Crippen LogP contribution in [0.25, 0.3) is 10.8 Å². The molecule has 1 amide bonds. The summed E-state index contributed by atoms with van der Waals surface area (Å²) >= 11 is 5.91. The summed E-state index contributed by atoms with van der Waals surface area (Å²) < 4.78 is 33.1. The molecular formula is C24H19ClN2O4S. The van der Waals surface area contributed by atoms with Crippen molar-refractivity contribution in [1.82, 2.24) is 0 Å². The van der Waals surface area contributed by atoms with E-state index in [4.69, 9.17) is 16.3 Å². The fourth-order valence-corrected chi connectivity index (χ4v) is 4.49. The molecule has 0 heterocycles. The summed E-state index contributed by atoms with van der Waals surface area (Å²) in [6.07, 6.45) is 0. The van der Waals surface area contributed by atoms with E-state index in [-0.39, 0.29) is 10.8 Å². The van der Waals surface area contributed by atoms with E-state index in [0.717, 1.165) is 10.8 Å². The van der Waals surface area contributed by atoms with Gasteiger partial charge in [-0.15, -0.1) is 0 Å². The maximum absolute atomic E-state index is 12.9. The van der Waals surface area contributed by atoms with Gasteiger partial charge in [0.1, 0.15) is 5.75 Å². The van der Waals surface area contributed by atoms with E-state index >= 15 is 0 Å². The Hall–Kier alpha value is -3.55. The summed E-state index contributed by atoms with van der Waals surface area (Å²) in [5.74, 6) is 0.0892. The number of methoxy groups -OCH3 is 1. The molecule has 4 rings (SSSR count). The molecule has 0 saturated carbocycles. The van der Waals surface area contributed by atoms with Crippen LogP contribution >= 0.6 is 11.6 Å². The van der Waals surface area contributed by atoms with E-state index in [9.17, 15) is 13.2 Å². The van der Waals surface area contributed by atoms with Gasteiger partial charge in [-0.25, -0.2) is 8.42 Å². The average Bonchev–Trinajstić information content (AvgIpc) is 2.78. The summed E-state index contributed by atoms with van der Waals surface area (Å²) in [6, 6.07) is 23.6. The minimum Gasteiger partial charge on any atom is -0.496 e. The molecule has 0 atom stereocenters. The van der Waals surface area contributed by atoms with E-state index in [0.29, 0.717) is 27.7 Å². The van der Waals surface area contributed by atoms with Crippen LogP contribution in [-0.2, 0) is 10.0 Å². The first-order valence-corrected chi connectivity index (χ1v) is 11.5. The lowest BCUT2D eigenvalue weighted by Crippen LogP contribution is -2.15. The Labute approximate surface area is 190 Å². The number of hydrogen-bond acceptors (Lipinski definition) is 4. The van der Waals surface area contributed by atoms with E-state index in [2.05, 4.69) is 10.0 Å². The SMILES string of the molecule is COc1cc2ccccc2cc1C(=O)Nc1ccc(S(=O)(=O)Nc2cccc(Cl)c2)cc1. The number of carbonyl (C=O) groups excluding carboxylic acids is 1. The zero-order chi connectivity index (χ0) is 22.7. The van der Waals surface area contributed by atoms with Gasteiger partial charge in [-0.1, -0.05) is 41.9 Å². The van der Waals surface area contributed by atoms with Crippen LogP contribution in [0.1, 0.15) is 10.4 Å². The van der Waals surface area contributed by atoms with E-state index in [1.54, 1.807) is 30.3 Å². The molecule has 162 valence electrons. The molecule has 6 nitrogen and oxygen atoms in total. The number of ether oxygens (including phenoxy) is 1. The Morgan fingerprint density at radius 2 is 1.53 bits per heavy atom. The Bertz CT molecular complexity index is 1400. The van der Waals surface area contributed by atoms with Gasteiger partial charge in [-0.3, -0.25) is 9.52 Å². The number of sulfonamides is 1. The summed E-state index contributed by atoms with van der Waals surface area (Å²) in [6.45, 7) is 0. The van der Waals surface area contributed by atoms with Gasteiger partial charge in [-0.05, 0) is 65.4 Å². The number of anilines is 2. The molecule has 4 aromatic rings. The molecule has 0 aliphatic heterocycles. The second kappa shape index (κ2) is 8.90. The number of hydrogen-bond donors (Lipinski definition) is 2. The van der Waals surface area contributed by atoms with Gasteiger partial charge in [0, 0.05) is 10.7 Å². The molecule has 0 bridgehead atoms. The van der Waals surface area contributed by atoms with Gasteiger partial charge in [-0.2, -0.15) is 0 Å². The monoisotopic (exact) mass is 466 g/mol. The summed E-state index contributed by atoms with van der Waals surface area (Å²) in [5.41, 5.74) is 1.19. The van der Waals surface area contributed by atoms with E-state index in [1.165, 1.54) is 37.4 Å². The lowest BCUT2D eigenvalue weighted by atomic mass is 10.1. The van der Waals surface area contributed by atoms with Crippen molar-refractivity contribution in [3.05, 3.63) is 95.5 Å². The van der Waals surface area contributed by atoms with Crippen molar-refractivity contribution in [2.45, 2.75) is 4.90 Å². The molecule has 4 aromatic carbocycles. The molecule has 0 fully saturated rings. The average molecular weight is 467 g/mol. The molecule has 0 aliphatic carbocycles. The normalized spacial score (nSPS) is 11.2. The number of nitrogens with one attached hydrogen (secondary N) is 2. The smallest absolute Gasteiger partial charge is 0.261 e. The lowest BCUT2D eigenvalue weighted by Gasteiger charge is -2.12. The van der Waals surface area contributed by atoms with Crippen molar-refractivity contribution in [3.8, 4) is 5.75 Å². The Morgan fingerprint density at radius 1 is 0.844 bits per heavy atom. The molecule has 0 unspecified atom stereocenters. The summed E-state index contributed by atoms with van der Waals surface area (Å²) in [4.78, 5) is 12.9. The number of fused-ring (bicyclic) bond motifs is 1. The molecule has 0 spiro atoms. The highest BCUT2D eigenvalue weighted by Gasteiger charge is 2.17. The second-order valence-corrected chi connectivity index (χ2v) is 9.11. The van der Waals surface area contributed by atoms with Gasteiger partial charge in [0.25, 0.3) is 15.9 Å². The van der Waals surface area contributed by atoms with Gasteiger partial charge in [0.2, 0.25) is 0 Å². The Balaban J connectivity index is 1.54. The van der Waals surface area contributed by atoms with Crippen LogP contribution in [0.2, 0.25) is 5.02 Å². The zero-order valence-corrected chi connectivity index (χ0v) is 18.6. The van der Waals surface area contributed by atoms with E-state index < -0.39 is 10.0 Å². The fourth-order valence-electron chi connectivity index (χ4n) is 3.25. The number of halogens is 1. The number of carbonyl (C=O) groups is 1. The Kier molecular flexibility index (Phi) is 6.03. The van der Waals surface area contributed by atoms with Crippen molar-refractivity contribution in [3.63, 3.8) is 0 Å². The number of rotatable bonds is 6. The van der Waals surface area contributed by atoms with Crippen LogP contribution in [0.3, 0.4) is 0 Å². The topological polar surface area (TPSA) is 84.5 Å². The standard InChI is InChI=1S/C24H19ClN2O4S/c1-31-23-14-17-6-3-2-5-16(17)13-22(23)24(28)26-19-9-11-21(12-10-19)32(29,30)27-20-8-4-7-18(25)15-20/h2-15,27H,1H3,(H,26,28). The quantitative estimate of drug-likeness (QED) is 0.390. The van der Waals surface area contributed by atoms with Crippen molar-refractivity contribution >= 4 is 49.7 Å². The molecular weight excluding hydrogens is 448 g/mol. The van der Waals surface area contributed by atoms with Gasteiger partial charge < -0.3 is 10.1 Å². The van der Waals surface area contributed by atoms with Crippen LogP contribution in [0.15, 0.2) is 89.8 Å². The van der Waals surface area contributed by atoms with Gasteiger partial charge >= 0.3 is 0 Å². The molecule has 0 aromatic heterocycles. The third kappa shape index (κ3) is 4.69. The number of amides is 1. The summed E-state index contributed by atoms with van der Waals surface area (Å²) in [7, 11) is -2.30. The maximum atomic E-state index is 12.9. The van der Waals surface area contributed by atoms with Crippen LogP contribution in [-0.4, -0.2) is 21.4 Å². The van der Waals surface area contributed by atoms with Crippen molar-refractivity contribution in [2.75, 3.05) is 17.1 Å². The molecule has 0 saturated heterocycles. The highest BCUT2D eigenvalue weighted by molar-refractivity contribution is 7.92. The van der Waals surface area contributed by atoms with Crippen LogP contribution in [0, 0.1) is 0 Å². The van der Waals surface area contributed by atoms with Crippen molar-refractivity contribution < 1.29 is 17.9 Å². The third-order valence-electron chi connectivity index (χ3n) is 4.81. The van der Waals surface area contributed by atoms with Crippen LogP contribution in [0.5, 0.6) is 5.75 Å². The zero-order valence-electron chi connectivity index (χ0n) is 17.0. The van der Waals surface area contributed by atoms with Gasteiger partial charge in [0.15, 0.2) is 0 Å². The lowest BCUT2D eigenvalue weighted by molar-refractivity contribution is 0.102. The first kappa shape index (κ1) is 21.7. The van der Waals surface area contributed by atoms with Gasteiger partial charge in [0.05, 0.1) is 23.3 Å². The second-order valence-electron chi connectivity index (χ2n) is 6.99. The predicted octanol–water partition coefficient (Wildman–Crippen LogP) is 5.55. The summed E-state index contributed by atoms with van der Waals surface area (Å²) in [5, 5.41) is 5.08. The maximum Gasteiger partial charge on any atom is 0.261 e. The van der Waals surface area contributed by atoms with Crippen molar-refractivity contribution in [1.29, 1.82) is 0 Å².